The van der Waals surface area contributed by atoms with Crippen molar-refractivity contribution in [2.75, 3.05) is 11.9 Å². The number of nitrogens with zero attached hydrogens (tertiary/aromatic N) is 1. The number of nitrogens with one attached hydrogen (secondary N) is 2. The summed E-state index contributed by atoms with van der Waals surface area (Å²) in [4.78, 5) is 51.0. The molecule has 3 amide bonds. The first-order valence-electron chi connectivity index (χ1n) is 9.26. The number of anilines is 1. The van der Waals surface area contributed by atoms with Crippen molar-refractivity contribution in [3.63, 3.8) is 0 Å². The molecule has 2 unspecified atom stereocenters. The average Bonchev–Trinajstić information content (AvgIpc) is 2.73. The molecule has 0 bridgehead atoms. The predicted molar refractivity (Wildman–Crippen MR) is 101 cm³/mol. The minimum atomic E-state index is -1.36. The van der Waals surface area contributed by atoms with Crippen molar-refractivity contribution in [1.29, 1.82) is 0 Å². The fraction of sp³-hybridized carbons (Fsp3) is 0.474. The Balaban J connectivity index is 2.48. The van der Waals surface area contributed by atoms with Gasteiger partial charge >= 0.3 is 5.97 Å². The van der Waals surface area contributed by atoms with Gasteiger partial charge in [-0.05, 0) is 31.0 Å². The lowest BCUT2D eigenvalue weighted by Crippen LogP contribution is -2.56. The highest BCUT2D eigenvalue weighted by molar-refractivity contribution is 6.12. The molecule has 0 radical (unpaired) electrons. The molecular formula is C19H25N3O6. The van der Waals surface area contributed by atoms with E-state index in [0.29, 0.717) is 6.54 Å². The molecule has 9 heteroatoms. The molecule has 9 nitrogen and oxygen atoms in total. The zero-order chi connectivity index (χ0) is 20.8. The first-order valence-corrected chi connectivity index (χ1v) is 9.26. The summed E-state index contributed by atoms with van der Waals surface area (Å²) in [5.41, 5.74) is 0.160. The molecule has 0 saturated heterocycles. The lowest BCUT2D eigenvalue weighted by molar-refractivity contribution is -0.142. The van der Waals surface area contributed by atoms with Crippen molar-refractivity contribution in [2.45, 2.75) is 51.6 Å². The van der Waals surface area contributed by atoms with Gasteiger partial charge in [-0.25, -0.2) is 0 Å². The number of aliphatic carboxylic acids is 1. The van der Waals surface area contributed by atoms with Gasteiger partial charge in [0.1, 0.15) is 17.8 Å². The van der Waals surface area contributed by atoms with Gasteiger partial charge in [0.25, 0.3) is 5.91 Å². The molecule has 1 aliphatic heterocycles. The van der Waals surface area contributed by atoms with Crippen LogP contribution in [0, 0.1) is 0 Å². The normalized spacial score (nSPS) is 17.4. The number of benzene rings is 1. The van der Waals surface area contributed by atoms with Crippen molar-refractivity contribution < 1.29 is 29.4 Å². The predicted octanol–water partition coefficient (Wildman–Crippen LogP) is 1.32. The van der Waals surface area contributed by atoms with Crippen LogP contribution in [0.25, 0.3) is 0 Å². The van der Waals surface area contributed by atoms with Crippen LogP contribution in [0.1, 0.15) is 49.9 Å². The summed E-state index contributed by atoms with van der Waals surface area (Å²) in [6.07, 6.45) is 1.18. The second-order valence-corrected chi connectivity index (χ2v) is 6.61. The molecule has 0 saturated carbocycles. The number of phenolic OH excluding ortho intramolecular Hbond substituents is 1. The molecule has 0 spiro atoms. The number of amides is 3. The maximum absolute atomic E-state index is 13.2. The fourth-order valence-corrected chi connectivity index (χ4v) is 3.17. The number of unbranched alkanes of at least 4 members (excludes halogenated alkanes) is 1. The standard InChI is InChI=1S/C19H25N3O6/c1-3-5-8-20-17(26)14(4-2)22-15(10-16(24)25)18(27)21-13-7-6-11(23)9-12(13)19(22)28/h6-7,9,14-15,23H,3-5,8,10H2,1-2H3,(H,20,26)(H,21,27)(H,24,25). The lowest BCUT2D eigenvalue weighted by atomic mass is 10.0. The van der Waals surface area contributed by atoms with E-state index in [9.17, 15) is 29.4 Å². The maximum Gasteiger partial charge on any atom is 0.305 e. The summed E-state index contributed by atoms with van der Waals surface area (Å²) in [5.74, 6) is -3.28. The van der Waals surface area contributed by atoms with E-state index in [1.165, 1.54) is 18.2 Å². The van der Waals surface area contributed by atoms with Gasteiger partial charge in [-0.15, -0.1) is 0 Å². The first-order chi connectivity index (χ1) is 13.3. The van der Waals surface area contributed by atoms with Crippen LogP contribution >= 0.6 is 0 Å². The summed E-state index contributed by atoms with van der Waals surface area (Å²) >= 11 is 0. The van der Waals surface area contributed by atoms with Gasteiger partial charge in [0.2, 0.25) is 11.8 Å². The van der Waals surface area contributed by atoms with Crippen LogP contribution in [0.5, 0.6) is 5.75 Å². The molecule has 0 aromatic heterocycles. The zero-order valence-electron chi connectivity index (χ0n) is 15.9. The minimum Gasteiger partial charge on any atom is -0.508 e. The number of hydrogen-bond donors (Lipinski definition) is 4. The van der Waals surface area contributed by atoms with Gasteiger partial charge in [-0.1, -0.05) is 20.3 Å². The second kappa shape index (κ2) is 9.20. The van der Waals surface area contributed by atoms with Crippen LogP contribution in [0.4, 0.5) is 5.69 Å². The van der Waals surface area contributed by atoms with Crippen molar-refractivity contribution in [2.24, 2.45) is 0 Å². The van der Waals surface area contributed by atoms with Crippen molar-refractivity contribution in [3.8, 4) is 5.75 Å². The van der Waals surface area contributed by atoms with E-state index in [2.05, 4.69) is 10.6 Å². The molecule has 1 aliphatic rings. The van der Waals surface area contributed by atoms with Crippen molar-refractivity contribution in [3.05, 3.63) is 23.8 Å². The SMILES string of the molecule is CCCCNC(=O)C(CC)N1C(=O)c2cc(O)ccc2NC(=O)C1CC(=O)O. The van der Waals surface area contributed by atoms with Gasteiger partial charge in [0.05, 0.1) is 17.7 Å². The Morgan fingerprint density at radius 2 is 2.00 bits per heavy atom. The van der Waals surface area contributed by atoms with E-state index in [0.717, 1.165) is 17.7 Å². The number of carboxylic acids is 1. The Hall–Kier alpha value is -3.10. The third-order valence-electron chi connectivity index (χ3n) is 4.59. The highest BCUT2D eigenvalue weighted by Crippen LogP contribution is 2.29. The number of aromatic hydroxyl groups is 1. The maximum atomic E-state index is 13.2. The Bertz CT molecular complexity index is 779. The number of rotatable bonds is 8. The highest BCUT2D eigenvalue weighted by atomic mass is 16.4. The molecule has 152 valence electrons. The summed E-state index contributed by atoms with van der Waals surface area (Å²) in [5, 5.41) is 24.3. The molecule has 1 aromatic rings. The smallest absolute Gasteiger partial charge is 0.305 e. The van der Waals surface area contributed by atoms with E-state index >= 15 is 0 Å². The van der Waals surface area contributed by atoms with Crippen LogP contribution in [0.15, 0.2) is 18.2 Å². The molecule has 2 rings (SSSR count). The first kappa shape index (κ1) is 21.2. The number of phenols is 1. The van der Waals surface area contributed by atoms with Gasteiger partial charge in [-0.3, -0.25) is 19.2 Å². The van der Waals surface area contributed by atoms with Gasteiger partial charge in [-0.2, -0.15) is 0 Å². The molecule has 2 atom stereocenters. The Morgan fingerprint density at radius 3 is 2.61 bits per heavy atom. The third kappa shape index (κ3) is 4.59. The molecule has 1 aromatic carbocycles. The van der Waals surface area contributed by atoms with Crippen LogP contribution in [-0.2, 0) is 14.4 Å². The summed E-state index contributed by atoms with van der Waals surface area (Å²) in [7, 11) is 0. The van der Waals surface area contributed by atoms with E-state index in [1.807, 2.05) is 6.92 Å². The highest BCUT2D eigenvalue weighted by Gasteiger charge is 2.42. The monoisotopic (exact) mass is 391 g/mol. The number of carboxylic acid groups (broad SMARTS) is 1. The zero-order valence-corrected chi connectivity index (χ0v) is 15.9. The second-order valence-electron chi connectivity index (χ2n) is 6.61. The molecular weight excluding hydrogens is 366 g/mol. The average molecular weight is 391 g/mol. The van der Waals surface area contributed by atoms with Crippen molar-refractivity contribution >= 4 is 29.4 Å². The van der Waals surface area contributed by atoms with Crippen LogP contribution < -0.4 is 10.6 Å². The summed E-state index contributed by atoms with van der Waals surface area (Å²) < 4.78 is 0. The van der Waals surface area contributed by atoms with Gasteiger partial charge < -0.3 is 25.7 Å². The number of carbonyl (C=O) groups is 4. The van der Waals surface area contributed by atoms with Crippen molar-refractivity contribution in [1.82, 2.24) is 10.2 Å². The van der Waals surface area contributed by atoms with E-state index in [4.69, 9.17) is 0 Å². The minimum absolute atomic E-state index is 0.000969. The topological polar surface area (TPSA) is 136 Å². The van der Waals surface area contributed by atoms with E-state index in [1.54, 1.807) is 6.92 Å². The molecule has 0 aliphatic carbocycles. The summed E-state index contributed by atoms with van der Waals surface area (Å²) in [6.45, 7) is 4.07. The van der Waals surface area contributed by atoms with Crippen LogP contribution in [0.3, 0.4) is 0 Å². The fourth-order valence-electron chi connectivity index (χ4n) is 3.17. The Labute approximate surface area is 162 Å². The van der Waals surface area contributed by atoms with Gasteiger partial charge in [0, 0.05) is 6.54 Å². The summed E-state index contributed by atoms with van der Waals surface area (Å²) in [6, 6.07) is 1.48. The largest absolute Gasteiger partial charge is 0.508 e. The van der Waals surface area contributed by atoms with Gasteiger partial charge in [0.15, 0.2) is 0 Å². The number of hydrogen-bond acceptors (Lipinski definition) is 5. The number of fused-ring (bicyclic) bond motifs is 1. The van der Waals surface area contributed by atoms with Crippen LogP contribution in [-0.4, -0.2) is 57.4 Å². The molecule has 0 fully saturated rings. The number of carbonyl (C=O) groups excluding carboxylic acids is 3. The molecule has 28 heavy (non-hydrogen) atoms. The van der Waals surface area contributed by atoms with E-state index < -0.39 is 42.2 Å². The van der Waals surface area contributed by atoms with E-state index in [-0.39, 0.29) is 23.4 Å². The molecule has 1 heterocycles. The van der Waals surface area contributed by atoms with Crippen LogP contribution in [0.2, 0.25) is 0 Å². The quantitative estimate of drug-likeness (QED) is 0.390. The Kier molecular flexibility index (Phi) is 6.97. The lowest BCUT2D eigenvalue weighted by Gasteiger charge is -2.34. The molecule has 4 N–H and O–H groups in total. The third-order valence-corrected chi connectivity index (χ3v) is 4.59. The Morgan fingerprint density at radius 1 is 1.29 bits per heavy atom.